The molecule has 5 saturated heterocycles. The van der Waals surface area contributed by atoms with Crippen LogP contribution in [-0.2, 0) is 71.9 Å². The molecule has 16 rings (SSSR count). The molecule has 9 aromatic rings. The van der Waals surface area contributed by atoms with E-state index in [0.29, 0.717) is 45.1 Å². The number of ether oxygens (including phenoxy) is 11. The lowest BCUT2D eigenvalue weighted by Crippen LogP contribution is -2.36. The van der Waals surface area contributed by atoms with Crippen LogP contribution >= 0.6 is 34.8 Å². The molecule has 0 bridgehead atoms. The number of nitrogens with zero attached hydrogens (tertiary/aromatic N) is 9. The van der Waals surface area contributed by atoms with Crippen molar-refractivity contribution >= 4 is 67.9 Å². The molecule has 0 unspecified atom stereocenters. The van der Waals surface area contributed by atoms with Gasteiger partial charge in [-0.15, -0.1) is 0 Å². The summed E-state index contributed by atoms with van der Waals surface area (Å²) in [5.74, 6) is -1.57. The number of aromatic nitrogens is 9. The van der Waals surface area contributed by atoms with E-state index < -0.39 is 91.3 Å². The topological polar surface area (TPSA) is 275 Å². The van der Waals surface area contributed by atoms with Crippen LogP contribution in [-0.4, -0.2) is 144 Å². The van der Waals surface area contributed by atoms with E-state index in [0.717, 1.165) is 66.8 Å². The number of rotatable bonds is 8. The van der Waals surface area contributed by atoms with E-state index >= 15 is 0 Å². The highest BCUT2D eigenvalue weighted by Crippen LogP contribution is 2.51. The van der Waals surface area contributed by atoms with Crippen LogP contribution in [0.15, 0.2) is 110 Å². The molecule has 15 atom stereocenters. The van der Waals surface area contributed by atoms with Gasteiger partial charge in [-0.1, -0.05) is 53.0 Å². The Labute approximate surface area is 542 Å². The number of aliphatic hydroxyl groups excluding tert-OH is 4. The normalized spacial score (nSPS) is 29.8. The molecule has 0 saturated carbocycles. The molecule has 4 N–H and O–H groups in total. The minimum Gasteiger partial charge on any atom is -0.392 e. The number of aliphatic hydroxyl groups is 4. The molecule has 92 heavy (non-hydrogen) atoms. The van der Waals surface area contributed by atoms with Crippen molar-refractivity contribution < 1.29 is 72.5 Å². The Bertz CT molecular complexity index is 4210. The number of fused-ring (bicyclic) bond motifs is 7. The second kappa shape index (κ2) is 25.2. The highest BCUT2D eigenvalue weighted by molar-refractivity contribution is 6.31. The fourth-order valence-corrected chi connectivity index (χ4v) is 14.2. The summed E-state index contributed by atoms with van der Waals surface area (Å²) < 4.78 is 72.9. The van der Waals surface area contributed by atoms with Gasteiger partial charge in [0.2, 0.25) is 0 Å². The molecule has 484 valence electrons. The van der Waals surface area contributed by atoms with Crippen molar-refractivity contribution in [2.75, 3.05) is 13.6 Å². The lowest BCUT2D eigenvalue weighted by Gasteiger charge is -2.29. The minimum atomic E-state index is -1.16. The molecule has 5 fully saturated rings. The van der Waals surface area contributed by atoms with Crippen LogP contribution in [0.5, 0.6) is 0 Å². The van der Waals surface area contributed by atoms with Gasteiger partial charge in [-0.25, -0.2) is 29.9 Å². The molecular weight excluding hydrogens is 1250 g/mol. The van der Waals surface area contributed by atoms with Gasteiger partial charge in [0.05, 0.1) is 36.9 Å². The third-order valence-corrected chi connectivity index (χ3v) is 18.6. The number of halogens is 3. The molecule has 0 radical (unpaired) electrons. The van der Waals surface area contributed by atoms with Crippen LogP contribution in [0.2, 0.25) is 15.1 Å². The Kier molecular flexibility index (Phi) is 17.3. The maximum Gasteiger partial charge on any atom is 0.164 e. The molecule has 13 heterocycles. The highest BCUT2D eigenvalue weighted by atomic mass is 35.5. The average molecular weight is 1320 g/mol. The molecule has 24 nitrogen and oxygen atoms in total. The first-order chi connectivity index (χ1) is 44.2. The zero-order valence-electron chi connectivity index (χ0n) is 51.0. The number of benzene rings is 3. The summed E-state index contributed by atoms with van der Waals surface area (Å²) in [6.45, 7) is 14.0. The maximum atomic E-state index is 11.3. The van der Waals surface area contributed by atoms with Crippen LogP contribution in [0.4, 0.5) is 0 Å². The minimum absolute atomic E-state index is 0.0448. The van der Waals surface area contributed by atoms with Crippen LogP contribution in [0.3, 0.4) is 0 Å². The fraction of sp³-hybridized carbons (Fsp3) is 0.446. The van der Waals surface area contributed by atoms with Crippen LogP contribution < -0.4 is 0 Å². The van der Waals surface area contributed by atoms with Crippen molar-refractivity contribution in [3.63, 3.8) is 0 Å². The van der Waals surface area contributed by atoms with E-state index in [-0.39, 0.29) is 32.4 Å². The molecular formula is C65H68Cl3N9O15. The summed E-state index contributed by atoms with van der Waals surface area (Å²) >= 11 is 18.4. The van der Waals surface area contributed by atoms with Crippen molar-refractivity contribution in [2.24, 2.45) is 0 Å². The SMILES string of the molecule is Cc1ncnc2c1ccn2[C@@H]1O[C@H]([C@@H]2OCOCc3cc(Cl)ccc32)[C@@H](O)[C@H]1O.Cc1ncnc2c1ccn2[C@@H]1O[C@H]([C@@H]2OCOCc3cc(Cl)ccc32)[C@H]2OC(C)(C)O[C@H]21.Cc1ncnc2c1ccn2[C@@H]1O[C@H]([C@H](O)c2ccc(Cl)cc2CO)[C@H]2OC(C)(C)O[C@H]21. The van der Waals surface area contributed by atoms with E-state index in [1.165, 1.54) is 12.7 Å². The maximum absolute atomic E-state index is 11.3. The first-order valence-electron chi connectivity index (χ1n) is 30.2. The van der Waals surface area contributed by atoms with E-state index in [1.807, 2.05) is 119 Å². The fourth-order valence-electron chi connectivity index (χ4n) is 13.6. The largest absolute Gasteiger partial charge is 0.392 e. The Hall–Kier alpha value is -6.21. The molecule has 7 aliphatic rings. The zero-order chi connectivity index (χ0) is 64.1. The van der Waals surface area contributed by atoms with Crippen molar-refractivity contribution in [1.82, 2.24) is 43.6 Å². The summed E-state index contributed by atoms with van der Waals surface area (Å²) in [5, 5.41) is 47.1. The zero-order valence-corrected chi connectivity index (χ0v) is 53.3. The third kappa shape index (κ3) is 11.7. The quantitative estimate of drug-likeness (QED) is 0.110. The Balaban J connectivity index is 0.000000120. The van der Waals surface area contributed by atoms with Gasteiger partial charge in [0.25, 0.3) is 0 Å². The molecule has 0 spiro atoms. The molecule has 0 aliphatic carbocycles. The predicted molar refractivity (Wildman–Crippen MR) is 330 cm³/mol. The summed E-state index contributed by atoms with van der Waals surface area (Å²) in [4.78, 5) is 26.0. The van der Waals surface area contributed by atoms with E-state index in [2.05, 4.69) is 29.9 Å². The van der Waals surface area contributed by atoms with Gasteiger partial charge in [-0.05, 0) is 136 Å². The molecule has 0 amide bonds. The van der Waals surface area contributed by atoms with Gasteiger partial charge < -0.3 is 86.2 Å². The molecule has 7 aliphatic heterocycles. The Morgan fingerprint density at radius 2 is 0.946 bits per heavy atom. The Morgan fingerprint density at radius 3 is 1.47 bits per heavy atom. The molecule has 3 aromatic carbocycles. The van der Waals surface area contributed by atoms with Crippen molar-refractivity contribution in [3.8, 4) is 0 Å². The van der Waals surface area contributed by atoms with Crippen LogP contribution in [0.1, 0.15) is 115 Å². The van der Waals surface area contributed by atoms with Crippen LogP contribution in [0.25, 0.3) is 33.1 Å². The van der Waals surface area contributed by atoms with Gasteiger partial charge in [-0.2, -0.15) is 0 Å². The first-order valence-corrected chi connectivity index (χ1v) is 31.3. The number of aryl methyl sites for hydroxylation is 3. The second-order valence-corrected chi connectivity index (χ2v) is 25.9. The predicted octanol–water partition coefficient (Wildman–Crippen LogP) is 9.35. The lowest BCUT2D eigenvalue weighted by molar-refractivity contribution is -0.218. The molecule has 27 heteroatoms. The van der Waals surface area contributed by atoms with Gasteiger partial charge in [0.1, 0.15) is 123 Å². The van der Waals surface area contributed by atoms with E-state index in [4.69, 9.17) is 86.9 Å². The van der Waals surface area contributed by atoms with Gasteiger partial charge in [-0.3, -0.25) is 0 Å². The van der Waals surface area contributed by atoms with Gasteiger partial charge in [0, 0.05) is 49.8 Å². The lowest BCUT2D eigenvalue weighted by atomic mass is 9.95. The summed E-state index contributed by atoms with van der Waals surface area (Å²) in [6, 6.07) is 22.0. The standard InChI is InChI=1S/C23H24ClN3O5.C22H24ClN3O5.C20H20ClN3O5/c1-12-15-6-7-27(21(15)26-10-25-12)22-20-19(31-23(2,3)32-20)18(30-22)17-16-5-4-14(24)8-13(16)9-28-11-29-17;1-11-14-6-7-26(20(14)25-10-24-11)21-19-18(30-22(2,3)31-19)17(29-21)16(28)15-5-4-13(23)8-12(15)9-27;1-10-13-4-5-24(19(13)23-8-22-10)20-16(26)15(25)18(29-20)17-14-3-2-12(21)6-11(14)7-27-9-28-17/h4-8,10,17-20,22H,9,11H2,1-3H3;4-8,10,16-19,21,27-28H,9H2,1-3H3;2-6,8,15-18,20,25-26H,7,9H2,1H3/t17-,18-,19-,20-,22-;16-,17-,18-,19-,21-;15-,16+,17+,18-,20+/m110/s1. The summed E-state index contributed by atoms with van der Waals surface area (Å²) in [7, 11) is 0. The second-order valence-electron chi connectivity index (χ2n) is 24.6. The monoisotopic (exact) mass is 1320 g/mol. The van der Waals surface area contributed by atoms with Gasteiger partial charge in [0.15, 0.2) is 30.3 Å². The highest BCUT2D eigenvalue weighted by Gasteiger charge is 2.60. The summed E-state index contributed by atoms with van der Waals surface area (Å²) in [6.07, 6.45) is 0.470. The number of hydrogen-bond donors (Lipinski definition) is 4. The smallest absolute Gasteiger partial charge is 0.164 e. The van der Waals surface area contributed by atoms with E-state index in [1.54, 1.807) is 41.4 Å². The van der Waals surface area contributed by atoms with Crippen LogP contribution in [0, 0.1) is 20.8 Å². The Morgan fingerprint density at radius 1 is 0.511 bits per heavy atom. The van der Waals surface area contributed by atoms with E-state index in [9.17, 15) is 20.4 Å². The third-order valence-electron chi connectivity index (χ3n) is 17.9. The average Bonchev–Trinajstić information content (AvgIpc) is 1.60. The first kappa shape index (κ1) is 63.2. The molecule has 6 aromatic heterocycles. The van der Waals surface area contributed by atoms with Crippen molar-refractivity contribution in [1.29, 1.82) is 0 Å². The van der Waals surface area contributed by atoms with Crippen molar-refractivity contribution in [2.45, 2.75) is 172 Å². The van der Waals surface area contributed by atoms with Crippen molar-refractivity contribution in [3.05, 3.63) is 176 Å². The van der Waals surface area contributed by atoms with Gasteiger partial charge >= 0.3 is 0 Å². The number of hydrogen-bond acceptors (Lipinski definition) is 21. The summed E-state index contributed by atoms with van der Waals surface area (Å²) in [5.41, 5.74) is 9.50.